The number of carbonyl (C=O) groups excluding carboxylic acids is 2. The number of pyridine rings is 1. The fourth-order valence-corrected chi connectivity index (χ4v) is 3.74. The Morgan fingerprint density at radius 1 is 1.13 bits per heavy atom. The fourth-order valence-electron chi connectivity index (χ4n) is 2.72. The van der Waals surface area contributed by atoms with Gasteiger partial charge in [0.25, 0.3) is 5.91 Å². The van der Waals surface area contributed by atoms with E-state index in [0.29, 0.717) is 21.8 Å². The first kappa shape index (κ1) is 22.3. The van der Waals surface area contributed by atoms with Gasteiger partial charge in [0, 0.05) is 29.3 Å². The lowest BCUT2D eigenvalue weighted by Gasteiger charge is -2.14. The molecule has 31 heavy (non-hydrogen) atoms. The lowest BCUT2D eigenvalue weighted by atomic mass is 10.2. The molecule has 3 rings (SSSR count). The summed E-state index contributed by atoms with van der Waals surface area (Å²) in [4.78, 5) is 29.4. The maximum Gasteiger partial charge on any atom is 0.318 e. The van der Waals surface area contributed by atoms with Gasteiger partial charge in [-0.3, -0.25) is 9.59 Å². The number of thioether (sulfide) groups is 1. The highest BCUT2D eigenvalue weighted by atomic mass is 32.2. The molecule has 2 aromatic carbocycles. The minimum absolute atomic E-state index is 0.156. The van der Waals surface area contributed by atoms with Crippen LogP contribution in [0.5, 0.6) is 11.6 Å². The first-order chi connectivity index (χ1) is 15.0. The molecule has 3 aromatic rings. The quantitative estimate of drug-likeness (QED) is 0.408. The second-order valence-electron chi connectivity index (χ2n) is 6.49. The predicted molar refractivity (Wildman–Crippen MR) is 116 cm³/mol. The van der Waals surface area contributed by atoms with Crippen LogP contribution in [-0.4, -0.2) is 29.2 Å². The standard InChI is InChI=1S/C23H21FN2O4S/c1-15(23(28)29-2)31-20-11-4-3-10-19(20)21(27)26-14-16-7-6-12-25-22(16)30-18-9-5-8-17(24)13-18/h3-13,15H,14H2,1-2H3,(H,26,27). The molecule has 0 saturated carbocycles. The summed E-state index contributed by atoms with van der Waals surface area (Å²) in [6.45, 7) is 1.87. The van der Waals surface area contributed by atoms with Gasteiger partial charge in [-0.15, -0.1) is 11.8 Å². The number of halogens is 1. The molecular formula is C23H21FN2O4S. The number of hydrogen-bond acceptors (Lipinski definition) is 6. The van der Waals surface area contributed by atoms with Gasteiger partial charge >= 0.3 is 5.97 Å². The lowest BCUT2D eigenvalue weighted by Crippen LogP contribution is -2.24. The lowest BCUT2D eigenvalue weighted by molar-refractivity contribution is -0.139. The highest BCUT2D eigenvalue weighted by Gasteiger charge is 2.19. The van der Waals surface area contributed by atoms with E-state index in [1.807, 2.05) is 0 Å². The third kappa shape index (κ3) is 6.05. The number of nitrogens with one attached hydrogen (secondary N) is 1. The highest BCUT2D eigenvalue weighted by molar-refractivity contribution is 8.00. The van der Waals surface area contributed by atoms with Crippen molar-refractivity contribution in [2.24, 2.45) is 0 Å². The summed E-state index contributed by atoms with van der Waals surface area (Å²) in [5.74, 6) is -0.505. The van der Waals surface area contributed by atoms with E-state index in [-0.39, 0.29) is 24.3 Å². The molecule has 0 fully saturated rings. The molecule has 160 valence electrons. The van der Waals surface area contributed by atoms with Crippen molar-refractivity contribution in [1.29, 1.82) is 0 Å². The van der Waals surface area contributed by atoms with Crippen LogP contribution in [0.4, 0.5) is 4.39 Å². The molecule has 0 bridgehead atoms. The molecule has 0 spiro atoms. The molecule has 1 aromatic heterocycles. The zero-order valence-corrected chi connectivity index (χ0v) is 17.8. The van der Waals surface area contributed by atoms with E-state index in [9.17, 15) is 14.0 Å². The number of hydrogen-bond donors (Lipinski definition) is 1. The molecule has 0 radical (unpaired) electrons. The van der Waals surface area contributed by atoms with E-state index in [1.54, 1.807) is 61.7 Å². The SMILES string of the molecule is COC(=O)C(C)Sc1ccccc1C(=O)NCc1cccnc1Oc1cccc(F)c1. The third-order valence-electron chi connectivity index (χ3n) is 4.27. The normalized spacial score (nSPS) is 11.5. The van der Waals surface area contributed by atoms with Gasteiger partial charge in [-0.2, -0.15) is 0 Å². The highest BCUT2D eigenvalue weighted by Crippen LogP contribution is 2.28. The Morgan fingerprint density at radius 2 is 1.94 bits per heavy atom. The number of nitrogens with zero attached hydrogens (tertiary/aromatic N) is 1. The van der Waals surface area contributed by atoms with Crippen LogP contribution in [0, 0.1) is 5.82 Å². The average molecular weight is 440 g/mol. The molecule has 6 nitrogen and oxygen atoms in total. The summed E-state index contributed by atoms with van der Waals surface area (Å²) in [5, 5.41) is 2.39. The molecule has 0 aliphatic carbocycles. The monoisotopic (exact) mass is 440 g/mol. The number of aromatic nitrogens is 1. The number of ether oxygens (including phenoxy) is 2. The van der Waals surface area contributed by atoms with E-state index >= 15 is 0 Å². The molecule has 0 saturated heterocycles. The maximum atomic E-state index is 13.4. The van der Waals surface area contributed by atoms with Crippen molar-refractivity contribution >= 4 is 23.6 Å². The molecule has 0 aliphatic heterocycles. The van der Waals surface area contributed by atoms with Crippen LogP contribution < -0.4 is 10.1 Å². The molecule has 0 aliphatic rings. The van der Waals surface area contributed by atoms with Crippen LogP contribution in [0.2, 0.25) is 0 Å². The van der Waals surface area contributed by atoms with Gasteiger partial charge < -0.3 is 14.8 Å². The van der Waals surface area contributed by atoms with E-state index in [0.717, 1.165) is 0 Å². The zero-order valence-electron chi connectivity index (χ0n) is 17.0. The van der Waals surface area contributed by atoms with Crippen molar-refractivity contribution in [3.8, 4) is 11.6 Å². The van der Waals surface area contributed by atoms with Crippen LogP contribution in [0.15, 0.2) is 71.8 Å². The van der Waals surface area contributed by atoms with Gasteiger partial charge in [-0.1, -0.05) is 24.3 Å². The summed E-state index contributed by atoms with van der Waals surface area (Å²) in [6.07, 6.45) is 1.56. The molecule has 1 heterocycles. The number of esters is 1. The number of amides is 1. The Bertz CT molecular complexity index is 1080. The summed E-state index contributed by atoms with van der Waals surface area (Å²) in [6, 6.07) is 16.3. The number of rotatable bonds is 8. The van der Waals surface area contributed by atoms with Gasteiger partial charge in [0.2, 0.25) is 5.88 Å². The Labute approximate surface area is 183 Å². The Kier molecular flexibility index (Phi) is 7.61. The van der Waals surface area contributed by atoms with Gasteiger partial charge in [-0.25, -0.2) is 9.37 Å². The zero-order chi connectivity index (χ0) is 22.2. The van der Waals surface area contributed by atoms with Crippen LogP contribution in [0.1, 0.15) is 22.8 Å². The van der Waals surface area contributed by atoms with Gasteiger partial charge in [0.05, 0.1) is 12.7 Å². The average Bonchev–Trinajstić information content (AvgIpc) is 2.78. The molecule has 8 heteroatoms. The summed E-state index contributed by atoms with van der Waals surface area (Å²) in [5.41, 5.74) is 1.08. The first-order valence-electron chi connectivity index (χ1n) is 9.47. The molecule has 1 unspecified atom stereocenters. The van der Waals surface area contributed by atoms with Crippen LogP contribution >= 0.6 is 11.8 Å². The third-order valence-corrected chi connectivity index (χ3v) is 5.42. The predicted octanol–water partition coefficient (Wildman–Crippen LogP) is 4.60. The van der Waals surface area contributed by atoms with Crippen LogP contribution in [0.3, 0.4) is 0 Å². The molecule has 1 atom stereocenters. The Morgan fingerprint density at radius 3 is 2.71 bits per heavy atom. The van der Waals surface area contributed by atoms with Crippen molar-refractivity contribution in [2.75, 3.05) is 7.11 Å². The fraction of sp³-hybridized carbons (Fsp3) is 0.174. The number of carbonyl (C=O) groups is 2. The largest absolute Gasteiger partial charge is 0.468 e. The summed E-state index contributed by atoms with van der Waals surface area (Å²) >= 11 is 1.25. The number of benzene rings is 2. The van der Waals surface area contributed by atoms with Crippen molar-refractivity contribution in [3.63, 3.8) is 0 Å². The van der Waals surface area contributed by atoms with Crippen LogP contribution in [0.25, 0.3) is 0 Å². The van der Waals surface area contributed by atoms with E-state index < -0.39 is 11.1 Å². The van der Waals surface area contributed by atoms with Crippen molar-refractivity contribution in [2.45, 2.75) is 23.6 Å². The van der Waals surface area contributed by atoms with Gasteiger partial charge in [0.1, 0.15) is 16.8 Å². The summed E-state index contributed by atoms with van der Waals surface area (Å²) < 4.78 is 23.9. The van der Waals surface area contributed by atoms with Crippen molar-refractivity contribution < 1.29 is 23.5 Å². The minimum Gasteiger partial charge on any atom is -0.468 e. The smallest absolute Gasteiger partial charge is 0.318 e. The molecule has 1 amide bonds. The van der Waals surface area contributed by atoms with E-state index in [1.165, 1.54) is 31.0 Å². The van der Waals surface area contributed by atoms with Crippen molar-refractivity contribution in [3.05, 3.63) is 83.8 Å². The Balaban J connectivity index is 1.71. The molecular weight excluding hydrogens is 419 g/mol. The second-order valence-corrected chi connectivity index (χ2v) is 7.87. The van der Waals surface area contributed by atoms with Crippen LogP contribution in [-0.2, 0) is 16.1 Å². The van der Waals surface area contributed by atoms with E-state index in [4.69, 9.17) is 9.47 Å². The minimum atomic E-state index is -0.455. The molecule has 1 N–H and O–H groups in total. The van der Waals surface area contributed by atoms with Gasteiger partial charge in [-0.05, 0) is 37.3 Å². The first-order valence-corrected chi connectivity index (χ1v) is 10.3. The van der Waals surface area contributed by atoms with Gasteiger partial charge in [0.15, 0.2) is 0 Å². The Hall–Kier alpha value is -3.39. The van der Waals surface area contributed by atoms with Crippen molar-refractivity contribution in [1.82, 2.24) is 10.3 Å². The van der Waals surface area contributed by atoms with E-state index in [2.05, 4.69) is 10.3 Å². The second kappa shape index (κ2) is 10.6. The summed E-state index contributed by atoms with van der Waals surface area (Å²) in [7, 11) is 1.33. The maximum absolute atomic E-state index is 13.4. The number of methoxy groups -OCH3 is 1. The topological polar surface area (TPSA) is 77.5 Å².